The normalized spacial score (nSPS) is 11.7. The molecule has 6 heteroatoms. The van der Waals surface area contributed by atoms with Crippen molar-refractivity contribution in [2.24, 2.45) is 0 Å². The molecule has 0 radical (unpaired) electrons. The summed E-state index contributed by atoms with van der Waals surface area (Å²) in [5.74, 6) is -0.501. The van der Waals surface area contributed by atoms with Gasteiger partial charge in [-0.3, -0.25) is 10.1 Å². The fourth-order valence-corrected chi connectivity index (χ4v) is 2.25. The highest BCUT2D eigenvalue weighted by Gasteiger charge is 2.29. The van der Waals surface area contributed by atoms with Gasteiger partial charge in [-0.1, -0.05) is 30.3 Å². The van der Waals surface area contributed by atoms with Crippen LogP contribution >= 0.6 is 0 Å². The third-order valence-electron chi connectivity index (χ3n) is 3.82. The van der Waals surface area contributed by atoms with E-state index >= 15 is 0 Å². The van der Waals surface area contributed by atoms with Gasteiger partial charge in [0, 0.05) is 5.56 Å². The quantitative estimate of drug-likeness (QED) is 0.844. The summed E-state index contributed by atoms with van der Waals surface area (Å²) in [6.45, 7) is 8.69. The third kappa shape index (κ3) is 4.81. The standard InChI is InChI=1S/C20H24N2O4/c1-19(2,3)26-18(25)22-16-8-6-7-15(21-16)13-9-11-14(12-10-13)20(4,5)17(23)24/h6-12H,1-5H3,(H,23,24)(H,21,22,25). The second kappa shape index (κ2) is 7.15. The number of amides is 1. The van der Waals surface area contributed by atoms with E-state index in [1.54, 1.807) is 58.9 Å². The Morgan fingerprint density at radius 3 is 2.15 bits per heavy atom. The summed E-state index contributed by atoms with van der Waals surface area (Å²) >= 11 is 0. The van der Waals surface area contributed by atoms with Gasteiger partial charge in [0.15, 0.2) is 0 Å². The van der Waals surface area contributed by atoms with Crippen molar-refractivity contribution in [3.05, 3.63) is 48.0 Å². The summed E-state index contributed by atoms with van der Waals surface area (Å²) in [4.78, 5) is 27.6. The SMILES string of the molecule is CC(C)(C)OC(=O)Nc1cccc(-c2ccc(C(C)(C)C(=O)O)cc2)n1. The molecule has 26 heavy (non-hydrogen) atoms. The molecule has 1 aromatic heterocycles. The van der Waals surface area contributed by atoms with E-state index in [1.165, 1.54) is 0 Å². The minimum atomic E-state index is -0.966. The number of pyridine rings is 1. The Morgan fingerprint density at radius 2 is 1.62 bits per heavy atom. The smallest absolute Gasteiger partial charge is 0.413 e. The molecule has 2 N–H and O–H groups in total. The van der Waals surface area contributed by atoms with Crippen LogP contribution in [0.15, 0.2) is 42.5 Å². The number of carbonyl (C=O) groups excluding carboxylic acids is 1. The Labute approximate surface area is 153 Å². The first kappa shape index (κ1) is 19.4. The number of ether oxygens (including phenoxy) is 1. The number of benzene rings is 1. The van der Waals surface area contributed by atoms with Crippen molar-refractivity contribution in [2.75, 3.05) is 5.32 Å². The molecule has 0 saturated carbocycles. The number of hydrogen-bond donors (Lipinski definition) is 2. The lowest BCUT2D eigenvalue weighted by Crippen LogP contribution is -2.28. The Kier molecular flexibility index (Phi) is 5.35. The van der Waals surface area contributed by atoms with Gasteiger partial charge in [-0.2, -0.15) is 0 Å². The molecule has 0 spiro atoms. The van der Waals surface area contributed by atoms with Crippen LogP contribution in [-0.4, -0.2) is 27.8 Å². The van der Waals surface area contributed by atoms with Gasteiger partial charge in [-0.25, -0.2) is 9.78 Å². The van der Waals surface area contributed by atoms with Gasteiger partial charge in [0.05, 0.1) is 11.1 Å². The predicted octanol–water partition coefficient (Wildman–Crippen LogP) is 4.46. The Morgan fingerprint density at radius 1 is 1.00 bits per heavy atom. The molecule has 0 aliphatic rings. The van der Waals surface area contributed by atoms with Crippen molar-refractivity contribution in [3.63, 3.8) is 0 Å². The van der Waals surface area contributed by atoms with Crippen molar-refractivity contribution >= 4 is 17.9 Å². The molecule has 0 aliphatic heterocycles. The van der Waals surface area contributed by atoms with Crippen LogP contribution < -0.4 is 5.32 Å². The summed E-state index contributed by atoms with van der Waals surface area (Å²) in [6.07, 6.45) is -0.569. The Balaban J connectivity index is 2.20. The van der Waals surface area contributed by atoms with Crippen molar-refractivity contribution in [1.82, 2.24) is 4.98 Å². The molecule has 1 aromatic carbocycles. The highest BCUT2D eigenvalue weighted by molar-refractivity contribution is 5.84. The predicted molar refractivity (Wildman–Crippen MR) is 100 cm³/mol. The van der Waals surface area contributed by atoms with Gasteiger partial charge in [-0.05, 0) is 52.3 Å². The topological polar surface area (TPSA) is 88.5 Å². The summed E-state index contributed by atoms with van der Waals surface area (Å²) in [7, 11) is 0. The molecule has 2 aromatic rings. The molecule has 0 fully saturated rings. The number of hydrogen-bond acceptors (Lipinski definition) is 4. The zero-order chi connectivity index (χ0) is 19.5. The van der Waals surface area contributed by atoms with Crippen molar-refractivity contribution < 1.29 is 19.4 Å². The zero-order valence-corrected chi connectivity index (χ0v) is 15.7. The summed E-state index contributed by atoms with van der Waals surface area (Å²) in [5.41, 5.74) is 0.637. The average molecular weight is 356 g/mol. The van der Waals surface area contributed by atoms with Gasteiger partial charge in [0.25, 0.3) is 0 Å². The monoisotopic (exact) mass is 356 g/mol. The first-order valence-electron chi connectivity index (χ1n) is 8.30. The van der Waals surface area contributed by atoms with Gasteiger partial charge in [0.2, 0.25) is 0 Å². The maximum atomic E-state index is 11.9. The fraction of sp³-hybridized carbons (Fsp3) is 0.350. The second-order valence-electron chi connectivity index (χ2n) is 7.54. The van der Waals surface area contributed by atoms with E-state index in [1.807, 2.05) is 18.2 Å². The molecular weight excluding hydrogens is 332 g/mol. The van der Waals surface area contributed by atoms with E-state index in [0.717, 1.165) is 5.56 Å². The Hall–Kier alpha value is -2.89. The maximum absolute atomic E-state index is 11.9. The van der Waals surface area contributed by atoms with Crippen LogP contribution in [0.25, 0.3) is 11.3 Å². The number of aliphatic carboxylic acids is 1. The van der Waals surface area contributed by atoms with E-state index in [2.05, 4.69) is 10.3 Å². The molecule has 1 amide bonds. The third-order valence-corrected chi connectivity index (χ3v) is 3.82. The maximum Gasteiger partial charge on any atom is 0.413 e. The van der Waals surface area contributed by atoms with Crippen LogP contribution in [0.4, 0.5) is 10.6 Å². The van der Waals surface area contributed by atoms with E-state index in [0.29, 0.717) is 17.1 Å². The first-order valence-corrected chi connectivity index (χ1v) is 8.30. The van der Waals surface area contributed by atoms with E-state index in [9.17, 15) is 14.7 Å². The Bertz CT molecular complexity index is 805. The molecule has 0 unspecified atom stereocenters. The minimum Gasteiger partial charge on any atom is -0.481 e. The average Bonchev–Trinajstić information content (AvgIpc) is 2.53. The number of rotatable bonds is 4. The molecule has 6 nitrogen and oxygen atoms in total. The van der Waals surface area contributed by atoms with Crippen LogP contribution in [-0.2, 0) is 14.9 Å². The van der Waals surface area contributed by atoms with Gasteiger partial charge in [-0.15, -0.1) is 0 Å². The lowest BCUT2D eigenvalue weighted by atomic mass is 9.84. The number of nitrogens with zero attached hydrogens (tertiary/aromatic N) is 1. The number of anilines is 1. The van der Waals surface area contributed by atoms with Gasteiger partial charge in [0.1, 0.15) is 11.4 Å². The van der Waals surface area contributed by atoms with Crippen LogP contribution in [0, 0.1) is 0 Å². The van der Waals surface area contributed by atoms with Crippen LogP contribution in [0.5, 0.6) is 0 Å². The number of carboxylic acids is 1. The number of carbonyl (C=O) groups is 2. The van der Waals surface area contributed by atoms with Crippen molar-refractivity contribution in [2.45, 2.75) is 45.6 Å². The minimum absolute atomic E-state index is 0.381. The highest BCUT2D eigenvalue weighted by atomic mass is 16.6. The molecule has 0 atom stereocenters. The zero-order valence-electron chi connectivity index (χ0n) is 15.7. The number of nitrogens with one attached hydrogen (secondary N) is 1. The molecule has 0 bridgehead atoms. The molecule has 1 heterocycles. The molecular formula is C20H24N2O4. The molecule has 138 valence electrons. The van der Waals surface area contributed by atoms with Gasteiger partial charge < -0.3 is 9.84 Å². The molecule has 2 rings (SSSR count). The van der Waals surface area contributed by atoms with E-state index in [-0.39, 0.29) is 0 Å². The summed E-state index contributed by atoms with van der Waals surface area (Å²) < 4.78 is 5.22. The molecule has 0 saturated heterocycles. The summed E-state index contributed by atoms with van der Waals surface area (Å²) in [5, 5.41) is 11.9. The van der Waals surface area contributed by atoms with Crippen molar-refractivity contribution in [1.29, 1.82) is 0 Å². The summed E-state index contributed by atoms with van der Waals surface area (Å²) in [6, 6.07) is 12.5. The molecule has 0 aliphatic carbocycles. The fourth-order valence-electron chi connectivity index (χ4n) is 2.25. The largest absolute Gasteiger partial charge is 0.481 e. The van der Waals surface area contributed by atoms with Crippen LogP contribution in [0.1, 0.15) is 40.2 Å². The van der Waals surface area contributed by atoms with E-state index < -0.39 is 23.1 Å². The first-order chi connectivity index (χ1) is 12.0. The highest BCUT2D eigenvalue weighted by Crippen LogP contribution is 2.26. The van der Waals surface area contributed by atoms with E-state index in [4.69, 9.17) is 4.74 Å². The second-order valence-corrected chi connectivity index (χ2v) is 7.54. The lowest BCUT2D eigenvalue weighted by Gasteiger charge is -2.20. The van der Waals surface area contributed by atoms with Crippen molar-refractivity contribution in [3.8, 4) is 11.3 Å². The van der Waals surface area contributed by atoms with Crippen LogP contribution in [0.2, 0.25) is 0 Å². The lowest BCUT2D eigenvalue weighted by molar-refractivity contribution is -0.142. The van der Waals surface area contributed by atoms with Gasteiger partial charge >= 0.3 is 12.1 Å². The van der Waals surface area contributed by atoms with Crippen LogP contribution in [0.3, 0.4) is 0 Å². The number of aromatic nitrogens is 1. The number of carboxylic acid groups (broad SMARTS) is 1.